The van der Waals surface area contributed by atoms with Gasteiger partial charge in [0, 0.05) is 31.6 Å². The van der Waals surface area contributed by atoms with E-state index in [1.807, 2.05) is 4.90 Å². The van der Waals surface area contributed by atoms with Crippen LogP contribution in [0.25, 0.3) is 0 Å². The number of carbonyl (C=O) groups is 2. The van der Waals surface area contributed by atoms with Crippen LogP contribution < -0.4 is 10.6 Å². The third-order valence-corrected chi connectivity index (χ3v) is 5.10. The molecule has 3 rings (SSSR count). The molecule has 0 unspecified atom stereocenters. The minimum absolute atomic E-state index is 0.0279. The fourth-order valence-corrected chi connectivity index (χ4v) is 3.81. The van der Waals surface area contributed by atoms with Crippen molar-refractivity contribution < 1.29 is 14.7 Å². The van der Waals surface area contributed by atoms with E-state index in [-0.39, 0.29) is 29.3 Å². The molecule has 124 valence electrons. The summed E-state index contributed by atoms with van der Waals surface area (Å²) in [6.45, 7) is 1.98. The van der Waals surface area contributed by atoms with Crippen molar-refractivity contribution in [1.29, 1.82) is 0 Å². The van der Waals surface area contributed by atoms with Crippen LogP contribution in [-0.4, -0.2) is 64.1 Å². The van der Waals surface area contributed by atoms with Gasteiger partial charge in [0.05, 0.1) is 11.9 Å². The zero-order valence-electron chi connectivity index (χ0n) is 12.7. The van der Waals surface area contributed by atoms with Gasteiger partial charge in [-0.1, -0.05) is 0 Å². The Hall–Kier alpha value is -1.80. The highest BCUT2D eigenvalue weighted by molar-refractivity contribution is 7.99. The van der Waals surface area contributed by atoms with Crippen LogP contribution in [0.4, 0.5) is 0 Å². The zero-order valence-corrected chi connectivity index (χ0v) is 13.5. The third-order valence-electron chi connectivity index (χ3n) is 4.14. The van der Waals surface area contributed by atoms with Gasteiger partial charge in [-0.15, -0.1) is 11.8 Å². The first kappa shape index (κ1) is 16.1. The van der Waals surface area contributed by atoms with Crippen molar-refractivity contribution in [2.75, 3.05) is 31.3 Å². The Kier molecular flexibility index (Phi) is 5.02. The number of thioether (sulfide) groups is 1. The minimum Gasteiger partial charge on any atom is -0.505 e. The summed E-state index contributed by atoms with van der Waals surface area (Å²) in [5, 5.41) is 15.6. The smallest absolute Gasteiger partial charge is 0.273 e. The summed E-state index contributed by atoms with van der Waals surface area (Å²) in [5.41, 5.74) is 0.0279. The summed E-state index contributed by atoms with van der Waals surface area (Å²) in [4.78, 5) is 30.1. The Balaban J connectivity index is 1.47. The van der Waals surface area contributed by atoms with Gasteiger partial charge in [-0.2, -0.15) is 0 Å². The summed E-state index contributed by atoms with van der Waals surface area (Å²) in [7, 11) is 0. The maximum atomic E-state index is 12.3. The molecule has 0 aliphatic carbocycles. The van der Waals surface area contributed by atoms with E-state index in [0.717, 1.165) is 18.2 Å². The van der Waals surface area contributed by atoms with Gasteiger partial charge in [-0.3, -0.25) is 9.59 Å². The van der Waals surface area contributed by atoms with Gasteiger partial charge in [0.2, 0.25) is 5.91 Å². The number of nitrogens with zero attached hydrogens (tertiary/aromatic N) is 2. The quantitative estimate of drug-likeness (QED) is 0.718. The second-order valence-corrected chi connectivity index (χ2v) is 6.86. The highest BCUT2D eigenvalue weighted by Gasteiger charge is 2.33. The molecule has 0 aromatic carbocycles. The van der Waals surface area contributed by atoms with Crippen molar-refractivity contribution in [3.63, 3.8) is 0 Å². The standard InChI is InChI=1S/C15H20N4O3S/c20-12-2-1-3-16-13(12)14(21)18-8-10-6-11(17-7-10)15(22)19-4-5-23-9-19/h1-3,10-11,17,20H,4-9H2,(H,18,21)/t10-,11-/m0/s1. The zero-order chi connectivity index (χ0) is 16.2. The van der Waals surface area contributed by atoms with Crippen molar-refractivity contribution in [2.45, 2.75) is 12.5 Å². The second kappa shape index (κ2) is 7.18. The molecule has 7 nitrogen and oxygen atoms in total. The number of rotatable bonds is 4. The number of aromatic nitrogens is 1. The SMILES string of the molecule is O=C(NC[C@@H]1CN[C@H](C(=O)N2CCSC2)C1)c1ncccc1O. The maximum absolute atomic E-state index is 12.3. The van der Waals surface area contributed by atoms with E-state index in [4.69, 9.17) is 0 Å². The van der Waals surface area contributed by atoms with Gasteiger partial charge in [-0.25, -0.2) is 4.98 Å². The van der Waals surface area contributed by atoms with Gasteiger partial charge in [0.15, 0.2) is 5.69 Å². The Morgan fingerprint density at radius 1 is 1.52 bits per heavy atom. The van der Waals surface area contributed by atoms with E-state index in [0.29, 0.717) is 19.5 Å². The summed E-state index contributed by atoms with van der Waals surface area (Å²) in [5.74, 6) is 1.62. The second-order valence-electron chi connectivity index (χ2n) is 5.78. The van der Waals surface area contributed by atoms with E-state index < -0.39 is 5.91 Å². The van der Waals surface area contributed by atoms with Crippen LogP contribution in [0, 0.1) is 5.92 Å². The molecule has 23 heavy (non-hydrogen) atoms. The monoisotopic (exact) mass is 336 g/mol. The maximum Gasteiger partial charge on any atom is 0.273 e. The summed E-state index contributed by atoms with van der Waals surface area (Å²) < 4.78 is 0. The number of nitrogens with one attached hydrogen (secondary N) is 2. The number of amides is 2. The van der Waals surface area contributed by atoms with E-state index in [1.54, 1.807) is 17.8 Å². The number of aromatic hydroxyl groups is 1. The molecule has 2 aliphatic rings. The predicted molar refractivity (Wildman–Crippen MR) is 87.2 cm³/mol. The van der Waals surface area contributed by atoms with E-state index >= 15 is 0 Å². The van der Waals surface area contributed by atoms with Gasteiger partial charge in [0.25, 0.3) is 5.91 Å². The van der Waals surface area contributed by atoms with Gasteiger partial charge >= 0.3 is 0 Å². The van der Waals surface area contributed by atoms with Crippen molar-refractivity contribution in [2.24, 2.45) is 5.92 Å². The highest BCUT2D eigenvalue weighted by Crippen LogP contribution is 2.20. The van der Waals surface area contributed by atoms with Crippen molar-refractivity contribution in [3.8, 4) is 5.75 Å². The minimum atomic E-state index is -0.395. The molecule has 2 atom stereocenters. The van der Waals surface area contributed by atoms with Crippen LogP contribution in [0.1, 0.15) is 16.9 Å². The molecule has 2 saturated heterocycles. The normalized spacial score (nSPS) is 23.9. The number of hydrogen-bond acceptors (Lipinski definition) is 6. The molecule has 2 aliphatic heterocycles. The Morgan fingerprint density at radius 3 is 3.13 bits per heavy atom. The lowest BCUT2D eigenvalue weighted by molar-refractivity contribution is -0.131. The Morgan fingerprint density at radius 2 is 2.39 bits per heavy atom. The Bertz CT molecular complexity index is 592. The molecular formula is C15H20N4O3S. The number of hydrogen-bond donors (Lipinski definition) is 3. The Labute approximate surface area is 138 Å². The lowest BCUT2D eigenvalue weighted by atomic mass is 10.0. The van der Waals surface area contributed by atoms with Gasteiger partial charge in [-0.05, 0) is 24.5 Å². The molecule has 2 amide bonds. The molecule has 3 heterocycles. The topological polar surface area (TPSA) is 94.6 Å². The molecule has 0 spiro atoms. The van der Waals surface area contributed by atoms with Crippen molar-refractivity contribution in [1.82, 2.24) is 20.5 Å². The van der Waals surface area contributed by atoms with Gasteiger partial charge in [0.1, 0.15) is 5.75 Å². The largest absolute Gasteiger partial charge is 0.505 e. The lowest BCUT2D eigenvalue weighted by Gasteiger charge is -2.19. The lowest BCUT2D eigenvalue weighted by Crippen LogP contribution is -2.42. The number of pyridine rings is 1. The fourth-order valence-electron chi connectivity index (χ4n) is 2.85. The van der Waals surface area contributed by atoms with Crippen LogP contribution in [0.2, 0.25) is 0 Å². The fraction of sp³-hybridized carbons (Fsp3) is 0.533. The van der Waals surface area contributed by atoms with Crippen molar-refractivity contribution in [3.05, 3.63) is 24.0 Å². The molecular weight excluding hydrogens is 316 g/mol. The summed E-state index contributed by atoms with van der Waals surface area (Å²) in [6.07, 6.45) is 2.18. The molecule has 3 N–H and O–H groups in total. The van der Waals surface area contributed by atoms with Crippen LogP contribution >= 0.6 is 11.8 Å². The van der Waals surface area contributed by atoms with E-state index in [2.05, 4.69) is 15.6 Å². The average Bonchev–Trinajstić information content (AvgIpc) is 3.24. The third kappa shape index (κ3) is 3.76. The molecule has 0 saturated carbocycles. The molecule has 8 heteroatoms. The van der Waals surface area contributed by atoms with E-state index in [1.165, 1.54) is 12.3 Å². The molecule has 1 aromatic heterocycles. The van der Waals surface area contributed by atoms with Crippen molar-refractivity contribution >= 4 is 23.6 Å². The van der Waals surface area contributed by atoms with Crippen LogP contribution in [0.5, 0.6) is 5.75 Å². The molecule has 0 bridgehead atoms. The molecule has 0 radical (unpaired) electrons. The summed E-state index contributed by atoms with van der Waals surface area (Å²) >= 11 is 1.77. The highest BCUT2D eigenvalue weighted by atomic mass is 32.2. The first-order valence-electron chi connectivity index (χ1n) is 7.67. The van der Waals surface area contributed by atoms with E-state index in [9.17, 15) is 14.7 Å². The van der Waals surface area contributed by atoms with Crippen LogP contribution in [-0.2, 0) is 4.79 Å². The van der Waals surface area contributed by atoms with Crippen LogP contribution in [0.15, 0.2) is 18.3 Å². The van der Waals surface area contributed by atoms with Crippen LogP contribution in [0.3, 0.4) is 0 Å². The average molecular weight is 336 g/mol. The first-order valence-corrected chi connectivity index (χ1v) is 8.82. The summed E-state index contributed by atoms with van der Waals surface area (Å²) in [6, 6.07) is 2.85. The van der Waals surface area contributed by atoms with Gasteiger partial charge < -0.3 is 20.6 Å². The number of carbonyl (C=O) groups excluding carboxylic acids is 2. The molecule has 2 fully saturated rings. The predicted octanol–water partition coefficient (Wildman–Crippen LogP) is 0.0280. The molecule has 1 aromatic rings. The first-order chi connectivity index (χ1) is 11.1.